The van der Waals surface area contributed by atoms with Gasteiger partial charge in [0.1, 0.15) is 11.6 Å². The monoisotopic (exact) mass is 391 g/mol. The maximum absolute atomic E-state index is 14.2. The molecule has 3 fully saturated rings. The predicted molar refractivity (Wildman–Crippen MR) is 101 cm³/mol. The number of nitrogens with one attached hydrogen (secondary N) is 1. The van der Waals surface area contributed by atoms with Gasteiger partial charge in [0.2, 0.25) is 0 Å². The number of piperazine rings is 1. The normalized spacial score (nSPS) is 27.5. The SMILES string of the molecule is COC(=O)[C@H]1CC[C@H](Oc2cc(F)cc(N3C[C@@H]4CNCCN4C3=O)c2)CC1. The first-order valence-corrected chi connectivity index (χ1v) is 9.89. The van der Waals surface area contributed by atoms with Crippen molar-refractivity contribution in [2.45, 2.75) is 37.8 Å². The molecule has 28 heavy (non-hydrogen) atoms. The zero-order valence-corrected chi connectivity index (χ0v) is 16.0. The van der Waals surface area contributed by atoms with Gasteiger partial charge in [-0.3, -0.25) is 9.69 Å². The second-order valence-electron chi connectivity index (χ2n) is 7.70. The topological polar surface area (TPSA) is 71.1 Å². The van der Waals surface area contributed by atoms with Gasteiger partial charge in [-0.2, -0.15) is 0 Å². The van der Waals surface area contributed by atoms with E-state index in [9.17, 15) is 14.0 Å². The number of nitrogens with zero attached hydrogens (tertiary/aromatic N) is 2. The fourth-order valence-corrected chi connectivity index (χ4v) is 4.38. The first-order chi connectivity index (χ1) is 13.5. The number of benzene rings is 1. The van der Waals surface area contributed by atoms with Gasteiger partial charge in [0.25, 0.3) is 0 Å². The van der Waals surface area contributed by atoms with E-state index in [-0.39, 0.29) is 30.1 Å². The van der Waals surface area contributed by atoms with Crippen molar-refractivity contribution in [3.8, 4) is 5.75 Å². The lowest BCUT2D eigenvalue weighted by molar-refractivity contribution is -0.147. The summed E-state index contributed by atoms with van der Waals surface area (Å²) in [6.07, 6.45) is 2.77. The Morgan fingerprint density at radius 3 is 2.71 bits per heavy atom. The smallest absolute Gasteiger partial charge is 0.324 e. The van der Waals surface area contributed by atoms with Crippen LogP contribution >= 0.6 is 0 Å². The number of hydrogen-bond donors (Lipinski definition) is 1. The summed E-state index contributed by atoms with van der Waals surface area (Å²) in [5, 5.41) is 3.29. The second-order valence-corrected chi connectivity index (χ2v) is 7.70. The molecule has 1 N–H and O–H groups in total. The van der Waals surface area contributed by atoms with Gasteiger partial charge in [-0.15, -0.1) is 0 Å². The van der Waals surface area contributed by atoms with Gasteiger partial charge in [0, 0.05) is 38.3 Å². The predicted octanol–water partition coefficient (Wildman–Crippen LogP) is 2.15. The van der Waals surface area contributed by atoms with E-state index in [1.807, 2.05) is 4.90 Å². The number of fused-ring (bicyclic) bond motifs is 1. The van der Waals surface area contributed by atoms with Gasteiger partial charge < -0.3 is 19.7 Å². The van der Waals surface area contributed by atoms with E-state index in [0.29, 0.717) is 37.4 Å². The number of rotatable bonds is 4. The van der Waals surface area contributed by atoms with Crippen LogP contribution in [0.15, 0.2) is 18.2 Å². The van der Waals surface area contributed by atoms with Gasteiger partial charge in [-0.1, -0.05) is 0 Å². The molecule has 1 aromatic carbocycles. The van der Waals surface area contributed by atoms with Crippen LogP contribution < -0.4 is 15.0 Å². The molecule has 4 rings (SSSR count). The number of esters is 1. The molecule has 1 atom stereocenters. The third-order valence-corrected chi connectivity index (χ3v) is 5.90. The highest BCUT2D eigenvalue weighted by atomic mass is 19.1. The highest BCUT2D eigenvalue weighted by molar-refractivity contribution is 5.95. The van der Waals surface area contributed by atoms with E-state index < -0.39 is 5.82 Å². The molecule has 2 saturated heterocycles. The number of methoxy groups -OCH3 is 1. The molecule has 0 aromatic heterocycles. The summed E-state index contributed by atoms with van der Waals surface area (Å²) >= 11 is 0. The van der Waals surface area contributed by atoms with Gasteiger partial charge in [-0.25, -0.2) is 9.18 Å². The first-order valence-electron chi connectivity index (χ1n) is 9.89. The molecule has 2 aliphatic heterocycles. The van der Waals surface area contributed by atoms with Crippen molar-refractivity contribution < 1.29 is 23.5 Å². The average Bonchev–Trinajstić information content (AvgIpc) is 3.04. The van der Waals surface area contributed by atoms with Crippen molar-refractivity contribution in [3.05, 3.63) is 24.0 Å². The Morgan fingerprint density at radius 1 is 1.21 bits per heavy atom. The van der Waals surface area contributed by atoms with Gasteiger partial charge in [-0.05, 0) is 31.7 Å². The lowest BCUT2D eigenvalue weighted by atomic mass is 9.87. The molecule has 1 aromatic rings. The van der Waals surface area contributed by atoms with Crippen LogP contribution in [-0.2, 0) is 9.53 Å². The highest BCUT2D eigenvalue weighted by Gasteiger charge is 2.39. The lowest BCUT2D eigenvalue weighted by Gasteiger charge is -2.28. The fourth-order valence-electron chi connectivity index (χ4n) is 4.38. The molecular weight excluding hydrogens is 365 g/mol. The number of hydrogen-bond acceptors (Lipinski definition) is 5. The number of carbonyl (C=O) groups is 2. The minimum atomic E-state index is -0.424. The second kappa shape index (κ2) is 7.95. The first kappa shape index (κ1) is 19.0. The molecule has 0 spiro atoms. The van der Waals surface area contributed by atoms with E-state index in [2.05, 4.69) is 5.32 Å². The minimum Gasteiger partial charge on any atom is -0.490 e. The molecule has 152 valence electrons. The van der Waals surface area contributed by atoms with Crippen LogP contribution in [0.5, 0.6) is 5.75 Å². The van der Waals surface area contributed by atoms with E-state index in [1.54, 1.807) is 11.0 Å². The molecular formula is C20H26FN3O4. The van der Waals surface area contributed by atoms with Crippen LogP contribution in [0, 0.1) is 11.7 Å². The molecule has 0 unspecified atom stereocenters. The maximum atomic E-state index is 14.2. The third-order valence-electron chi connectivity index (χ3n) is 5.90. The molecule has 0 radical (unpaired) electrons. The zero-order valence-electron chi connectivity index (χ0n) is 16.0. The largest absolute Gasteiger partial charge is 0.490 e. The van der Waals surface area contributed by atoms with Crippen LogP contribution in [0.1, 0.15) is 25.7 Å². The van der Waals surface area contributed by atoms with Crippen LogP contribution in [0.3, 0.4) is 0 Å². The van der Waals surface area contributed by atoms with E-state index >= 15 is 0 Å². The van der Waals surface area contributed by atoms with Crippen molar-refractivity contribution in [1.29, 1.82) is 0 Å². The number of halogens is 1. The summed E-state index contributed by atoms with van der Waals surface area (Å²) < 4.78 is 25.0. The Morgan fingerprint density at radius 2 is 2.00 bits per heavy atom. The molecule has 1 aliphatic carbocycles. The maximum Gasteiger partial charge on any atom is 0.324 e. The van der Waals surface area contributed by atoms with Crippen molar-refractivity contribution in [2.24, 2.45) is 5.92 Å². The number of urea groups is 1. The quantitative estimate of drug-likeness (QED) is 0.797. The summed E-state index contributed by atoms with van der Waals surface area (Å²) in [4.78, 5) is 27.8. The molecule has 3 aliphatic rings. The molecule has 8 heteroatoms. The number of carbonyl (C=O) groups excluding carboxylic acids is 2. The van der Waals surface area contributed by atoms with Crippen molar-refractivity contribution in [3.63, 3.8) is 0 Å². The Balaban J connectivity index is 1.43. The van der Waals surface area contributed by atoms with E-state index in [4.69, 9.17) is 9.47 Å². The lowest BCUT2D eigenvalue weighted by Crippen LogP contribution is -2.49. The highest BCUT2D eigenvalue weighted by Crippen LogP contribution is 2.32. The van der Waals surface area contributed by atoms with Crippen LogP contribution in [-0.4, -0.2) is 62.3 Å². The summed E-state index contributed by atoms with van der Waals surface area (Å²) in [6.45, 7) is 2.74. The minimum absolute atomic E-state index is 0.0691. The number of ether oxygens (including phenoxy) is 2. The molecule has 1 saturated carbocycles. The Bertz CT molecular complexity index is 751. The molecule has 0 bridgehead atoms. The third kappa shape index (κ3) is 3.78. The Kier molecular flexibility index (Phi) is 5.39. The molecule has 2 amide bonds. The van der Waals surface area contributed by atoms with E-state index in [1.165, 1.54) is 19.2 Å². The van der Waals surface area contributed by atoms with Gasteiger partial charge >= 0.3 is 12.0 Å². The number of amides is 2. The van der Waals surface area contributed by atoms with Crippen LogP contribution in [0.2, 0.25) is 0 Å². The van der Waals surface area contributed by atoms with Crippen molar-refractivity contribution >= 4 is 17.7 Å². The summed E-state index contributed by atoms with van der Waals surface area (Å²) in [6, 6.07) is 4.50. The standard InChI is InChI=1S/C20H26FN3O4/c1-27-19(25)13-2-4-17(5-3-13)28-18-9-14(21)8-15(10-18)24-12-16-11-22-6-7-23(16)20(24)26/h8-10,13,16-17,22H,2-7,11-12H2,1H3/t13-,16-,17-/m0/s1. The fraction of sp³-hybridized carbons (Fsp3) is 0.600. The Hall–Kier alpha value is -2.35. The van der Waals surface area contributed by atoms with Crippen molar-refractivity contribution in [2.75, 3.05) is 38.2 Å². The average molecular weight is 391 g/mol. The van der Waals surface area contributed by atoms with Crippen LogP contribution in [0.4, 0.5) is 14.9 Å². The van der Waals surface area contributed by atoms with Crippen LogP contribution in [0.25, 0.3) is 0 Å². The van der Waals surface area contributed by atoms with Crippen molar-refractivity contribution in [1.82, 2.24) is 10.2 Å². The summed E-state index contributed by atoms with van der Waals surface area (Å²) in [5.74, 6) is -0.259. The summed E-state index contributed by atoms with van der Waals surface area (Å²) in [5.41, 5.74) is 0.526. The summed E-state index contributed by atoms with van der Waals surface area (Å²) in [7, 11) is 1.40. The van der Waals surface area contributed by atoms with Gasteiger partial charge in [0.05, 0.1) is 30.9 Å². The van der Waals surface area contributed by atoms with Gasteiger partial charge in [0.15, 0.2) is 0 Å². The Labute approximate surface area is 163 Å². The van der Waals surface area contributed by atoms with E-state index in [0.717, 1.165) is 25.9 Å². The molecule has 2 heterocycles. The number of anilines is 1. The molecule has 7 nitrogen and oxygen atoms in total. The zero-order chi connectivity index (χ0) is 19.7.